The molecular weight excluding hydrogens is 574 g/mol. The average molecular weight is 604 g/mol. The smallest absolute Gasteiger partial charge is 0.339 e. The van der Waals surface area contributed by atoms with Gasteiger partial charge in [0.05, 0.1) is 30.1 Å². The van der Waals surface area contributed by atoms with Crippen LogP contribution in [-0.4, -0.2) is 40.3 Å². The standard InChI is InChI=1S/C34H29N5O4S/c1-42-33(41)26-12-5-6-14-28(26)38-21-9-15-29(38)32-31(27-13-7-8-20-35-27)37-34(44)39(32)24-18-16-23(17-19-24)36-30(40)22-43-25-10-3-2-4-11-25/h2-21,31-32H,22H2,1H3,(H,36,40)(H,37,44)/t31-,32+/m0/s1. The molecule has 0 unspecified atom stereocenters. The Bertz CT molecular complexity index is 1780. The largest absolute Gasteiger partial charge is 0.484 e. The number of nitrogens with zero attached hydrogens (tertiary/aromatic N) is 3. The number of ether oxygens (including phenoxy) is 2. The van der Waals surface area contributed by atoms with Gasteiger partial charge in [0, 0.05) is 29.5 Å². The van der Waals surface area contributed by atoms with Crippen molar-refractivity contribution in [3.8, 4) is 11.4 Å². The van der Waals surface area contributed by atoms with Gasteiger partial charge in [-0.05, 0) is 85.0 Å². The predicted octanol–water partition coefficient (Wildman–Crippen LogP) is 5.85. The maximum atomic E-state index is 12.7. The molecule has 5 aromatic rings. The first-order valence-corrected chi connectivity index (χ1v) is 14.4. The molecule has 220 valence electrons. The van der Waals surface area contributed by atoms with Crippen molar-refractivity contribution in [2.24, 2.45) is 0 Å². The summed E-state index contributed by atoms with van der Waals surface area (Å²) < 4.78 is 12.6. The van der Waals surface area contributed by atoms with Crippen molar-refractivity contribution < 1.29 is 19.1 Å². The van der Waals surface area contributed by atoms with Gasteiger partial charge in [0.1, 0.15) is 11.8 Å². The zero-order chi connectivity index (χ0) is 30.5. The Hall–Kier alpha value is -5.48. The number of carbonyl (C=O) groups is 2. The third kappa shape index (κ3) is 5.88. The summed E-state index contributed by atoms with van der Waals surface area (Å²) in [6, 6.07) is 33.1. The number of aromatic nitrogens is 2. The van der Waals surface area contributed by atoms with Gasteiger partial charge in [-0.2, -0.15) is 0 Å². The number of pyridine rings is 1. The molecule has 0 saturated carbocycles. The maximum Gasteiger partial charge on any atom is 0.339 e. The molecule has 0 bridgehead atoms. The molecule has 1 saturated heterocycles. The average Bonchev–Trinajstić information content (AvgIpc) is 3.69. The minimum absolute atomic E-state index is 0.107. The molecule has 2 N–H and O–H groups in total. The van der Waals surface area contributed by atoms with Crippen molar-refractivity contribution in [3.05, 3.63) is 139 Å². The van der Waals surface area contributed by atoms with Crippen LogP contribution >= 0.6 is 12.2 Å². The second-order valence-corrected chi connectivity index (χ2v) is 10.4. The fourth-order valence-corrected chi connectivity index (χ4v) is 5.67. The molecule has 3 heterocycles. The van der Waals surface area contributed by atoms with Gasteiger partial charge in [0.2, 0.25) is 0 Å². The van der Waals surface area contributed by atoms with E-state index in [4.69, 9.17) is 21.7 Å². The van der Waals surface area contributed by atoms with Crippen LogP contribution in [0.4, 0.5) is 11.4 Å². The minimum Gasteiger partial charge on any atom is -0.484 e. The minimum atomic E-state index is -0.426. The number of anilines is 2. The molecule has 1 aliphatic rings. The number of esters is 1. The van der Waals surface area contributed by atoms with E-state index in [9.17, 15) is 9.59 Å². The van der Waals surface area contributed by atoms with Crippen molar-refractivity contribution >= 4 is 40.6 Å². The number of para-hydroxylation sites is 2. The lowest BCUT2D eigenvalue weighted by atomic mass is 10.0. The van der Waals surface area contributed by atoms with E-state index in [1.165, 1.54) is 7.11 Å². The van der Waals surface area contributed by atoms with Gasteiger partial charge in [-0.1, -0.05) is 36.4 Å². The van der Waals surface area contributed by atoms with Gasteiger partial charge < -0.3 is 29.6 Å². The summed E-state index contributed by atoms with van der Waals surface area (Å²) in [5, 5.41) is 6.87. The van der Waals surface area contributed by atoms with Crippen LogP contribution in [0.25, 0.3) is 5.69 Å². The zero-order valence-electron chi connectivity index (χ0n) is 23.8. The van der Waals surface area contributed by atoms with Gasteiger partial charge in [-0.3, -0.25) is 9.78 Å². The van der Waals surface area contributed by atoms with Crippen LogP contribution in [0.1, 0.15) is 33.8 Å². The van der Waals surface area contributed by atoms with Crippen LogP contribution in [0.15, 0.2) is 122 Å². The Morgan fingerprint density at radius 2 is 1.66 bits per heavy atom. The van der Waals surface area contributed by atoms with Crippen molar-refractivity contribution in [1.29, 1.82) is 0 Å². The van der Waals surface area contributed by atoms with E-state index in [0.29, 0.717) is 27.8 Å². The summed E-state index contributed by atoms with van der Waals surface area (Å²) in [5.41, 5.74) is 4.28. The van der Waals surface area contributed by atoms with E-state index in [1.54, 1.807) is 24.4 Å². The first kappa shape index (κ1) is 28.6. The molecule has 0 radical (unpaired) electrons. The van der Waals surface area contributed by atoms with Crippen LogP contribution < -0.4 is 20.3 Å². The molecule has 10 heteroatoms. The van der Waals surface area contributed by atoms with Crippen LogP contribution in [-0.2, 0) is 9.53 Å². The molecule has 2 aromatic heterocycles. The van der Waals surface area contributed by atoms with Crippen LogP contribution in [0.5, 0.6) is 5.75 Å². The first-order valence-electron chi connectivity index (χ1n) is 14.0. The molecule has 2 atom stereocenters. The highest BCUT2D eigenvalue weighted by molar-refractivity contribution is 7.80. The number of thiocarbonyl (C=S) groups is 1. The second kappa shape index (κ2) is 12.8. The Morgan fingerprint density at radius 3 is 2.41 bits per heavy atom. The Kier molecular flexibility index (Phi) is 8.33. The van der Waals surface area contributed by atoms with E-state index >= 15 is 0 Å². The molecule has 3 aromatic carbocycles. The normalized spacial score (nSPS) is 15.8. The number of hydrogen-bond donors (Lipinski definition) is 2. The first-order chi connectivity index (χ1) is 21.5. The zero-order valence-corrected chi connectivity index (χ0v) is 24.6. The molecule has 1 amide bonds. The van der Waals surface area contributed by atoms with Gasteiger partial charge in [-0.25, -0.2) is 4.79 Å². The van der Waals surface area contributed by atoms with E-state index in [1.807, 2.05) is 107 Å². The Labute approximate surface area is 260 Å². The van der Waals surface area contributed by atoms with E-state index in [-0.39, 0.29) is 24.6 Å². The highest BCUT2D eigenvalue weighted by Gasteiger charge is 2.42. The number of benzene rings is 3. The molecule has 1 fully saturated rings. The van der Waals surface area contributed by atoms with Gasteiger partial charge in [0.15, 0.2) is 11.7 Å². The van der Waals surface area contributed by atoms with Gasteiger partial charge in [-0.15, -0.1) is 0 Å². The van der Waals surface area contributed by atoms with E-state index < -0.39 is 5.97 Å². The monoisotopic (exact) mass is 603 g/mol. The fraction of sp³-hybridized carbons (Fsp3) is 0.118. The van der Waals surface area contributed by atoms with Crippen LogP contribution in [0.3, 0.4) is 0 Å². The highest BCUT2D eigenvalue weighted by Crippen LogP contribution is 2.42. The molecule has 0 aliphatic carbocycles. The van der Waals surface area contributed by atoms with Crippen LogP contribution in [0, 0.1) is 0 Å². The lowest BCUT2D eigenvalue weighted by molar-refractivity contribution is -0.118. The van der Waals surface area contributed by atoms with Crippen molar-refractivity contribution in [3.63, 3.8) is 0 Å². The lowest BCUT2D eigenvalue weighted by Crippen LogP contribution is -2.30. The summed E-state index contributed by atoms with van der Waals surface area (Å²) >= 11 is 5.90. The van der Waals surface area contributed by atoms with Crippen LogP contribution in [0.2, 0.25) is 0 Å². The Morgan fingerprint density at radius 1 is 0.909 bits per heavy atom. The van der Waals surface area contributed by atoms with Crippen molar-refractivity contribution in [2.75, 3.05) is 23.9 Å². The van der Waals surface area contributed by atoms with Crippen molar-refractivity contribution in [1.82, 2.24) is 14.9 Å². The summed E-state index contributed by atoms with van der Waals surface area (Å²) in [6.45, 7) is -0.107. The maximum absolute atomic E-state index is 12.7. The number of rotatable bonds is 9. The quantitative estimate of drug-likeness (QED) is 0.160. The lowest BCUT2D eigenvalue weighted by Gasteiger charge is -2.29. The summed E-state index contributed by atoms with van der Waals surface area (Å²) in [5.74, 6) is -0.0686. The predicted molar refractivity (Wildman–Crippen MR) is 172 cm³/mol. The summed E-state index contributed by atoms with van der Waals surface area (Å²) in [6.07, 6.45) is 3.67. The molecule has 1 aliphatic heterocycles. The van der Waals surface area contributed by atoms with Crippen molar-refractivity contribution in [2.45, 2.75) is 12.1 Å². The molecular formula is C34H29N5O4S. The fourth-order valence-electron chi connectivity index (χ4n) is 5.32. The number of nitrogens with one attached hydrogen (secondary N) is 2. The SMILES string of the molecule is COC(=O)c1ccccc1-n1cccc1[C@@H]1[C@H](c2ccccn2)NC(=S)N1c1ccc(NC(=O)COc2ccccc2)cc1. The number of amides is 1. The Balaban J connectivity index is 1.32. The molecule has 0 spiro atoms. The third-order valence-electron chi connectivity index (χ3n) is 7.29. The third-order valence-corrected chi connectivity index (χ3v) is 7.61. The van der Waals surface area contributed by atoms with E-state index in [0.717, 1.165) is 17.1 Å². The summed E-state index contributed by atoms with van der Waals surface area (Å²) in [7, 11) is 1.37. The number of methoxy groups -OCH3 is 1. The molecule has 44 heavy (non-hydrogen) atoms. The topological polar surface area (TPSA) is 97.7 Å². The van der Waals surface area contributed by atoms with E-state index in [2.05, 4.69) is 15.6 Å². The number of hydrogen-bond acceptors (Lipinski definition) is 6. The number of carbonyl (C=O) groups excluding carboxylic acids is 2. The van der Waals surface area contributed by atoms with Gasteiger partial charge >= 0.3 is 5.97 Å². The highest BCUT2D eigenvalue weighted by atomic mass is 32.1. The molecule has 9 nitrogen and oxygen atoms in total. The second-order valence-electron chi connectivity index (χ2n) is 10.0. The summed E-state index contributed by atoms with van der Waals surface area (Å²) in [4.78, 5) is 31.9. The van der Waals surface area contributed by atoms with Gasteiger partial charge in [0.25, 0.3) is 5.91 Å². The molecule has 6 rings (SSSR count).